The predicted molar refractivity (Wildman–Crippen MR) is 126 cm³/mol. The Bertz CT molecular complexity index is 1090. The number of benzene rings is 2. The average molecular weight is 449 g/mol. The summed E-state index contributed by atoms with van der Waals surface area (Å²) < 4.78 is 19.7. The summed E-state index contributed by atoms with van der Waals surface area (Å²) in [5.74, 6) is 1.28. The molecule has 0 spiro atoms. The molecule has 2 aromatic carbocycles. The van der Waals surface area contributed by atoms with Crippen LogP contribution < -0.4 is 4.74 Å². The van der Waals surface area contributed by atoms with Crippen molar-refractivity contribution in [3.05, 3.63) is 77.9 Å². The summed E-state index contributed by atoms with van der Waals surface area (Å²) in [5, 5.41) is 0. The molecule has 4 rings (SSSR count). The van der Waals surface area contributed by atoms with E-state index in [4.69, 9.17) is 4.74 Å². The molecule has 0 aliphatic carbocycles. The van der Waals surface area contributed by atoms with Crippen molar-refractivity contribution in [2.45, 2.75) is 26.1 Å². The third kappa shape index (κ3) is 5.37. The number of carbonyl (C=O) groups is 1. The number of hydrogen-bond donors (Lipinski definition) is 0. The smallest absolute Gasteiger partial charge is 0.257 e. The van der Waals surface area contributed by atoms with Gasteiger partial charge in [0.1, 0.15) is 17.2 Å². The number of nitrogens with zero attached hydrogens (tertiary/aromatic N) is 4. The van der Waals surface area contributed by atoms with Gasteiger partial charge in [-0.25, -0.2) is 14.4 Å². The van der Waals surface area contributed by atoms with Crippen molar-refractivity contribution in [1.82, 2.24) is 19.8 Å². The number of piperazine rings is 1. The molecule has 172 valence electrons. The zero-order valence-electron chi connectivity index (χ0n) is 19.3. The lowest BCUT2D eigenvalue weighted by Crippen LogP contribution is -2.48. The van der Waals surface area contributed by atoms with E-state index in [9.17, 15) is 9.18 Å². The van der Waals surface area contributed by atoms with Crippen molar-refractivity contribution in [3.8, 4) is 16.9 Å². The maximum Gasteiger partial charge on any atom is 0.257 e. The Morgan fingerprint density at radius 3 is 2.24 bits per heavy atom. The lowest BCUT2D eigenvalue weighted by atomic mass is 9.96. The van der Waals surface area contributed by atoms with Crippen molar-refractivity contribution in [2.24, 2.45) is 0 Å². The Balaban J connectivity index is 1.48. The van der Waals surface area contributed by atoms with Crippen molar-refractivity contribution in [2.75, 3.05) is 33.3 Å². The quantitative estimate of drug-likeness (QED) is 0.562. The number of hydrogen-bond acceptors (Lipinski definition) is 5. The number of alkyl halides is 1. The number of rotatable bonds is 6. The number of amides is 1. The van der Waals surface area contributed by atoms with Gasteiger partial charge < -0.3 is 9.64 Å². The highest BCUT2D eigenvalue weighted by molar-refractivity contribution is 5.98. The van der Waals surface area contributed by atoms with E-state index in [1.54, 1.807) is 51.6 Å². The van der Waals surface area contributed by atoms with Gasteiger partial charge in [0.2, 0.25) is 0 Å². The molecular formula is C26H29FN4O2. The molecule has 1 amide bonds. The summed E-state index contributed by atoms with van der Waals surface area (Å²) in [5.41, 5.74) is 1.57. The maximum atomic E-state index is 14.2. The van der Waals surface area contributed by atoms with Gasteiger partial charge in [-0.05, 0) is 48.7 Å². The first-order valence-corrected chi connectivity index (χ1v) is 11.1. The molecule has 3 aromatic rings. The number of halogens is 1. The summed E-state index contributed by atoms with van der Waals surface area (Å²) >= 11 is 0. The summed E-state index contributed by atoms with van der Waals surface area (Å²) in [6.07, 6.45) is 3.49. The number of aromatic nitrogens is 2. The number of ether oxygens (including phenoxy) is 1. The first kappa shape index (κ1) is 22.9. The lowest BCUT2D eigenvalue weighted by molar-refractivity contribution is 0.0622. The zero-order valence-corrected chi connectivity index (χ0v) is 19.3. The van der Waals surface area contributed by atoms with Crippen molar-refractivity contribution >= 4 is 5.91 Å². The third-order valence-electron chi connectivity index (χ3n) is 5.98. The molecule has 6 nitrogen and oxygen atoms in total. The van der Waals surface area contributed by atoms with E-state index < -0.39 is 5.67 Å². The fourth-order valence-corrected chi connectivity index (χ4v) is 4.00. The molecule has 1 fully saturated rings. The van der Waals surface area contributed by atoms with Gasteiger partial charge in [-0.3, -0.25) is 9.69 Å². The summed E-state index contributed by atoms with van der Waals surface area (Å²) in [4.78, 5) is 26.0. The lowest BCUT2D eigenvalue weighted by Gasteiger charge is -2.34. The van der Waals surface area contributed by atoms with E-state index in [2.05, 4.69) is 14.9 Å². The summed E-state index contributed by atoms with van der Waals surface area (Å²) in [7, 11) is 1.57. The van der Waals surface area contributed by atoms with E-state index in [0.29, 0.717) is 36.5 Å². The standard InChI is InChI=1S/C26H29FN4O2/c1-26(2,27)21-8-5-19(6-9-21)20-7-10-23(33-3)22(17-20)25(32)31-15-13-30(14-16-31)18-24-28-11-4-12-29-24/h4-12,17H,13-16,18H2,1-3H3. The second-order valence-electron chi connectivity index (χ2n) is 8.70. The van der Waals surface area contributed by atoms with Gasteiger partial charge in [-0.15, -0.1) is 0 Å². The molecular weight excluding hydrogens is 419 g/mol. The van der Waals surface area contributed by atoms with E-state index in [1.807, 2.05) is 35.2 Å². The SMILES string of the molecule is COc1ccc(-c2ccc(C(C)(C)F)cc2)cc1C(=O)N1CCN(Cc2ncccn2)CC1. The number of carbonyl (C=O) groups excluding carboxylic acids is 1. The molecule has 1 saturated heterocycles. The van der Waals surface area contributed by atoms with Gasteiger partial charge in [-0.1, -0.05) is 30.3 Å². The third-order valence-corrected chi connectivity index (χ3v) is 5.98. The Labute approximate surface area is 194 Å². The minimum atomic E-state index is -1.39. The highest BCUT2D eigenvalue weighted by Gasteiger charge is 2.25. The van der Waals surface area contributed by atoms with Gasteiger partial charge in [0.05, 0.1) is 19.2 Å². The summed E-state index contributed by atoms with van der Waals surface area (Å²) in [6.45, 7) is 6.52. The van der Waals surface area contributed by atoms with Gasteiger partial charge in [-0.2, -0.15) is 0 Å². The van der Waals surface area contributed by atoms with Crippen molar-refractivity contribution < 1.29 is 13.9 Å². The van der Waals surface area contributed by atoms with Gasteiger partial charge in [0, 0.05) is 38.6 Å². The van der Waals surface area contributed by atoms with Gasteiger partial charge in [0.25, 0.3) is 5.91 Å². The zero-order chi connectivity index (χ0) is 23.4. The molecule has 0 atom stereocenters. The van der Waals surface area contributed by atoms with Gasteiger partial charge in [0.15, 0.2) is 0 Å². The minimum Gasteiger partial charge on any atom is -0.496 e. The number of methoxy groups -OCH3 is 1. The normalized spacial score (nSPS) is 14.8. The maximum absolute atomic E-state index is 14.2. The highest BCUT2D eigenvalue weighted by Crippen LogP contribution is 2.31. The molecule has 0 N–H and O–H groups in total. The molecule has 2 heterocycles. The van der Waals surface area contributed by atoms with Crippen LogP contribution in [0.4, 0.5) is 4.39 Å². The van der Waals surface area contributed by atoms with Crippen molar-refractivity contribution in [1.29, 1.82) is 0 Å². The molecule has 0 bridgehead atoms. The second-order valence-corrected chi connectivity index (χ2v) is 8.70. The Hall–Kier alpha value is -3.32. The molecule has 0 saturated carbocycles. The first-order chi connectivity index (χ1) is 15.8. The van der Waals surface area contributed by atoms with Crippen LogP contribution in [0.1, 0.15) is 35.6 Å². The molecule has 1 aromatic heterocycles. The monoisotopic (exact) mass is 448 g/mol. The van der Waals surface area contributed by atoms with Crippen LogP contribution in [0, 0.1) is 0 Å². The van der Waals surface area contributed by atoms with Crippen LogP contribution in [0.5, 0.6) is 5.75 Å². The minimum absolute atomic E-state index is 0.0502. The van der Waals surface area contributed by atoms with E-state index in [0.717, 1.165) is 30.0 Å². The van der Waals surface area contributed by atoms with Crippen LogP contribution in [0.25, 0.3) is 11.1 Å². The van der Waals surface area contributed by atoms with Crippen LogP contribution in [0.2, 0.25) is 0 Å². The average Bonchev–Trinajstić information content (AvgIpc) is 2.84. The fourth-order valence-electron chi connectivity index (χ4n) is 4.00. The molecule has 0 unspecified atom stereocenters. The Kier molecular flexibility index (Phi) is 6.70. The van der Waals surface area contributed by atoms with Crippen LogP contribution in [0.15, 0.2) is 60.9 Å². The van der Waals surface area contributed by atoms with Crippen LogP contribution >= 0.6 is 0 Å². The molecule has 1 aliphatic heterocycles. The van der Waals surface area contributed by atoms with Gasteiger partial charge >= 0.3 is 0 Å². The second kappa shape index (κ2) is 9.67. The molecule has 7 heteroatoms. The largest absolute Gasteiger partial charge is 0.496 e. The fraction of sp³-hybridized carbons (Fsp3) is 0.346. The van der Waals surface area contributed by atoms with Crippen LogP contribution in [0.3, 0.4) is 0 Å². The molecule has 0 radical (unpaired) electrons. The summed E-state index contributed by atoms with van der Waals surface area (Å²) in [6, 6.07) is 14.8. The van der Waals surface area contributed by atoms with E-state index in [-0.39, 0.29) is 5.91 Å². The predicted octanol–water partition coefficient (Wildman–Crippen LogP) is 4.31. The molecule has 1 aliphatic rings. The topological polar surface area (TPSA) is 58.6 Å². The Morgan fingerprint density at radius 1 is 1.00 bits per heavy atom. The highest BCUT2D eigenvalue weighted by atomic mass is 19.1. The Morgan fingerprint density at radius 2 is 1.64 bits per heavy atom. The van der Waals surface area contributed by atoms with Crippen LogP contribution in [-0.4, -0.2) is 59.0 Å². The van der Waals surface area contributed by atoms with E-state index in [1.165, 1.54) is 0 Å². The van der Waals surface area contributed by atoms with Crippen molar-refractivity contribution in [3.63, 3.8) is 0 Å². The van der Waals surface area contributed by atoms with Crippen LogP contribution in [-0.2, 0) is 12.2 Å². The first-order valence-electron chi connectivity index (χ1n) is 11.1. The molecule has 33 heavy (non-hydrogen) atoms. The van der Waals surface area contributed by atoms with E-state index >= 15 is 0 Å².